The number of benzene rings is 1. The lowest BCUT2D eigenvalue weighted by atomic mass is 9.90. The van der Waals surface area contributed by atoms with Gasteiger partial charge >= 0.3 is 0 Å². The summed E-state index contributed by atoms with van der Waals surface area (Å²) in [7, 11) is 0. The molecule has 1 aromatic carbocycles. The first-order valence-corrected chi connectivity index (χ1v) is 9.98. The van der Waals surface area contributed by atoms with Crippen LogP contribution < -0.4 is 0 Å². The monoisotopic (exact) mass is 418 g/mol. The molecule has 166 valence electrons. The van der Waals surface area contributed by atoms with E-state index < -0.39 is 0 Å². The minimum atomic E-state index is 0. The molecule has 0 aliphatic rings. The van der Waals surface area contributed by atoms with Crippen molar-refractivity contribution >= 4 is 21.8 Å². The second-order valence-corrected chi connectivity index (χ2v) is 9.53. The van der Waals surface area contributed by atoms with Gasteiger partial charge < -0.3 is 0 Å². The summed E-state index contributed by atoms with van der Waals surface area (Å²) in [5.41, 5.74) is 5.44. The normalized spacial score (nSPS) is 11.2. The van der Waals surface area contributed by atoms with Gasteiger partial charge in [-0.15, -0.1) is 0 Å². The maximum atomic E-state index is 4.51. The minimum absolute atomic E-state index is 0. The van der Waals surface area contributed by atoms with Gasteiger partial charge in [-0.1, -0.05) is 80.2 Å². The highest BCUT2D eigenvalue weighted by molar-refractivity contribution is 5.82. The van der Waals surface area contributed by atoms with Crippen molar-refractivity contribution in [2.24, 2.45) is 0 Å². The number of aromatic nitrogens is 4. The Morgan fingerprint density at radius 2 is 1.13 bits per heavy atom. The maximum Gasteiger partial charge on any atom is 0.107 e. The van der Waals surface area contributed by atoms with E-state index in [1.54, 1.807) is 18.6 Å². The van der Waals surface area contributed by atoms with Gasteiger partial charge in [-0.2, -0.15) is 0 Å². The Hall–Kier alpha value is -2.88. The third kappa shape index (κ3) is 6.55. The average molecular weight is 419 g/mol. The molecule has 0 bridgehead atoms. The van der Waals surface area contributed by atoms with Crippen LogP contribution in [-0.2, 0) is 10.8 Å². The van der Waals surface area contributed by atoms with Crippen molar-refractivity contribution in [2.75, 3.05) is 0 Å². The van der Waals surface area contributed by atoms with Gasteiger partial charge in [-0.3, -0.25) is 19.9 Å². The summed E-state index contributed by atoms with van der Waals surface area (Å²) < 4.78 is 0. The standard InChI is InChI=1S/C14H17N.C11H13N3.2CH4/c1-10-5-6-11-9-15-13(14(2,3)4)8-12(11)7-10;1-11(2,3)10-6-8-9(7-14-10)13-5-4-12-8;;/h5-9H,1-4H3;4-7H,1-3H3;2*1H4. The van der Waals surface area contributed by atoms with Gasteiger partial charge in [0.2, 0.25) is 0 Å². The Labute approximate surface area is 188 Å². The van der Waals surface area contributed by atoms with Crippen LogP contribution in [0.15, 0.2) is 55.1 Å². The van der Waals surface area contributed by atoms with E-state index in [9.17, 15) is 0 Å². The Morgan fingerprint density at radius 1 is 0.581 bits per heavy atom. The highest BCUT2D eigenvalue weighted by atomic mass is 14.8. The molecule has 0 saturated carbocycles. The Kier molecular flexibility index (Phi) is 8.40. The number of hydrogen-bond acceptors (Lipinski definition) is 4. The van der Waals surface area contributed by atoms with Crippen molar-refractivity contribution in [1.29, 1.82) is 0 Å². The number of pyridine rings is 2. The summed E-state index contributed by atoms with van der Waals surface area (Å²) in [5.74, 6) is 0. The van der Waals surface area contributed by atoms with Gasteiger partial charge in [0.25, 0.3) is 0 Å². The fourth-order valence-corrected chi connectivity index (χ4v) is 2.95. The smallest absolute Gasteiger partial charge is 0.107 e. The molecule has 0 spiro atoms. The largest absolute Gasteiger partial charge is 0.260 e. The molecule has 3 aromatic heterocycles. The van der Waals surface area contributed by atoms with Crippen LogP contribution in [0.5, 0.6) is 0 Å². The van der Waals surface area contributed by atoms with E-state index >= 15 is 0 Å². The third-order valence-electron chi connectivity index (χ3n) is 4.77. The summed E-state index contributed by atoms with van der Waals surface area (Å²) in [6.45, 7) is 15.1. The summed E-state index contributed by atoms with van der Waals surface area (Å²) in [6.07, 6.45) is 7.13. The first kappa shape index (κ1) is 26.2. The highest BCUT2D eigenvalue weighted by Crippen LogP contribution is 2.24. The minimum Gasteiger partial charge on any atom is -0.260 e. The summed E-state index contributed by atoms with van der Waals surface area (Å²) in [6, 6.07) is 10.7. The molecule has 0 radical (unpaired) electrons. The second kappa shape index (κ2) is 9.95. The molecule has 4 heteroatoms. The topological polar surface area (TPSA) is 51.6 Å². The predicted octanol–water partition coefficient (Wildman–Crippen LogP) is 7.44. The van der Waals surface area contributed by atoms with Crippen LogP contribution >= 0.6 is 0 Å². The van der Waals surface area contributed by atoms with Crippen LogP contribution in [0.1, 0.15) is 73.3 Å². The van der Waals surface area contributed by atoms with Crippen LogP contribution in [0.25, 0.3) is 21.8 Å². The molecular formula is C27H38N4. The van der Waals surface area contributed by atoms with Crippen molar-refractivity contribution in [3.8, 4) is 0 Å². The van der Waals surface area contributed by atoms with Crippen molar-refractivity contribution < 1.29 is 0 Å². The third-order valence-corrected chi connectivity index (χ3v) is 4.77. The lowest BCUT2D eigenvalue weighted by Gasteiger charge is -2.17. The molecule has 4 aromatic rings. The summed E-state index contributed by atoms with van der Waals surface area (Å²) >= 11 is 0. The molecule has 4 nitrogen and oxygen atoms in total. The quantitative estimate of drug-likeness (QED) is 0.298. The second-order valence-electron chi connectivity index (χ2n) is 9.53. The van der Waals surface area contributed by atoms with E-state index in [1.807, 2.05) is 12.3 Å². The van der Waals surface area contributed by atoms with Crippen LogP contribution in [0.2, 0.25) is 0 Å². The van der Waals surface area contributed by atoms with Gasteiger partial charge in [0.1, 0.15) is 5.52 Å². The molecule has 4 rings (SSSR count). The molecule has 0 saturated heterocycles. The zero-order valence-corrected chi connectivity index (χ0v) is 18.5. The van der Waals surface area contributed by atoms with E-state index in [0.717, 1.165) is 22.4 Å². The highest BCUT2D eigenvalue weighted by Gasteiger charge is 2.16. The van der Waals surface area contributed by atoms with Crippen molar-refractivity contribution in [2.45, 2.75) is 74.1 Å². The zero-order chi connectivity index (χ0) is 21.2. The van der Waals surface area contributed by atoms with Gasteiger partial charge in [0, 0.05) is 46.2 Å². The lowest BCUT2D eigenvalue weighted by molar-refractivity contribution is 0.570. The number of hydrogen-bond donors (Lipinski definition) is 0. The first-order chi connectivity index (χ1) is 13.5. The van der Waals surface area contributed by atoms with Crippen LogP contribution in [0.4, 0.5) is 0 Å². The number of nitrogens with zero attached hydrogens (tertiary/aromatic N) is 4. The molecule has 0 unspecified atom stereocenters. The zero-order valence-electron chi connectivity index (χ0n) is 18.5. The fourth-order valence-electron chi connectivity index (χ4n) is 2.95. The van der Waals surface area contributed by atoms with Crippen LogP contribution in [-0.4, -0.2) is 19.9 Å². The van der Waals surface area contributed by atoms with Crippen molar-refractivity contribution in [1.82, 2.24) is 19.9 Å². The van der Waals surface area contributed by atoms with Gasteiger partial charge in [-0.25, -0.2) is 0 Å². The number of fused-ring (bicyclic) bond motifs is 2. The molecule has 0 aliphatic heterocycles. The number of aryl methyl sites for hydroxylation is 1. The molecule has 0 aliphatic carbocycles. The fraction of sp³-hybridized carbons (Fsp3) is 0.407. The average Bonchev–Trinajstić information content (AvgIpc) is 2.66. The molecule has 3 heterocycles. The van der Waals surface area contributed by atoms with Crippen molar-refractivity contribution in [3.63, 3.8) is 0 Å². The summed E-state index contributed by atoms with van der Waals surface area (Å²) in [4.78, 5) is 17.3. The van der Waals surface area contributed by atoms with E-state index in [0.29, 0.717) is 0 Å². The van der Waals surface area contributed by atoms with Crippen LogP contribution in [0.3, 0.4) is 0 Å². The Balaban J connectivity index is 0.000000292. The van der Waals surface area contributed by atoms with E-state index in [4.69, 9.17) is 0 Å². The predicted molar refractivity (Wildman–Crippen MR) is 135 cm³/mol. The van der Waals surface area contributed by atoms with Gasteiger partial charge in [0.05, 0.1) is 11.7 Å². The Bertz CT molecular complexity index is 1140. The van der Waals surface area contributed by atoms with Gasteiger partial charge in [0.15, 0.2) is 0 Å². The molecule has 0 amide bonds. The van der Waals surface area contributed by atoms with Crippen molar-refractivity contribution in [3.05, 3.63) is 72.1 Å². The SMILES string of the molecule is C.C.CC(C)(C)c1cc2nccnc2cn1.Cc1ccc2cnc(C(C)(C)C)cc2c1. The Morgan fingerprint density at radius 3 is 1.74 bits per heavy atom. The summed E-state index contributed by atoms with van der Waals surface area (Å²) in [5, 5.41) is 2.50. The van der Waals surface area contributed by atoms with Gasteiger partial charge in [-0.05, 0) is 24.4 Å². The molecule has 0 atom stereocenters. The molecular weight excluding hydrogens is 380 g/mol. The first-order valence-electron chi connectivity index (χ1n) is 9.98. The molecule has 0 N–H and O–H groups in total. The number of rotatable bonds is 0. The molecule has 31 heavy (non-hydrogen) atoms. The van der Waals surface area contributed by atoms with E-state index in [2.05, 4.69) is 92.7 Å². The van der Waals surface area contributed by atoms with E-state index in [1.165, 1.54) is 16.3 Å². The maximum absolute atomic E-state index is 4.51. The van der Waals surface area contributed by atoms with Crippen LogP contribution in [0, 0.1) is 6.92 Å². The molecule has 0 fully saturated rings. The van der Waals surface area contributed by atoms with E-state index in [-0.39, 0.29) is 25.7 Å². The lowest BCUT2D eigenvalue weighted by Crippen LogP contribution is -2.13.